The van der Waals surface area contributed by atoms with Crippen LogP contribution in [-0.4, -0.2) is 22.9 Å². The minimum absolute atomic E-state index is 0.748. The quantitative estimate of drug-likeness (QED) is 0.913. The van der Waals surface area contributed by atoms with Crippen molar-refractivity contribution < 1.29 is 0 Å². The average molecular weight is 255 g/mol. The van der Waals surface area contributed by atoms with Crippen LogP contribution in [0.25, 0.3) is 11.1 Å². The number of rotatable bonds is 3. The summed E-state index contributed by atoms with van der Waals surface area (Å²) in [4.78, 5) is 0. The Morgan fingerprint density at radius 2 is 2.16 bits per heavy atom. The van der Waals surface area contributed by atoms with E-state index in [1.165, 1.54) is 28.8 Å². The normalized spacial score (nSPS) is 18.9. The second kappa shape index (κ2) is 5.17. The molecule has 1 fully saturated rings. The smallest absolute Gasteiger partial charge is 0.0571 e. The summed E-state index contributed by atoms with van der Waals surface area (Å²) >= 11 is 0. The van der Waals surface area contributed by atoms with E-state index in [9.17, 15) is 0 Å². The zero-order chi connectivity index (χ0) is 13.2. The fraction of sp³-hybridized carbons (Fsp3) is 0.438. The van der Waals surface area contributed by atoms with Crippen LogP contribution in [0.15, 0.2) is 30.5 Å². The van der Waals surface area contributed by atoms with Crippen LogP contribution in [0.3, 0.4) is 0 Å². The van der Waals surface area contributed by atoms with Gasteiger partial charge in [0.1, 0.15) is 0 Å². The van der Waals surface area contributed by atoms with Crippen molar-refractivity contribution in [2.45, 2.75) is 19.8 Å². The van der Waals surface area contributed by atoms with Crippen LogP contribution in [0.1, 0.15) is 17.7 Å². The summed E-state index contributed by atoms with van der Waals surface area (Å²) in [6.07, 6.45) is 4.41. The van der Waals surface area contributed by atoms with Gasteiger partial charge in [0.05, 0.1) is 6.20 Å². The molecule has 0 aliphatic carbocycles. The fourth-order valence-corrected chi connectivity index (χ4v) is 2.97. The van der Waals surface area contributed by atoms with Crippen molar-refractivity contribution in [3.63, 3.8) is 0 Å². The molecule has 1 aromatic heterocycles. The van der Waals surface area contributed by atoms with Gasteiger partial charge in [-0.25, -0.2) is 0 Å². The number of hydrogen-bond acceptors (Lipinski definition) is 2. The van der Waals surface area contributed by atoms with Gasteiger partial charge in [0, 0.05) is 18.3 Å². The molecule has 1 unspecified atom stereocenters. The molecule has 1 aliphatic heterocycles. The molecule has 3 rings (SSSR count). The van der Waals surface area contributed by atoms with Crippen LogP contribution < -0.4 is 5.32 Å². The Balaban J connectivity index is 1.96. The molecule has 2 aromatic rings. The Hall–Kier alpha value is -1.61. The van der Waals surface area contributed by atoms with E-state index in [4.69, 9.17) is 0 Å². The molecule has 0 spiro atoms. The topological polar surface area (TPSA) is 29.9 Å². The van der Waals surface area contributed by atoms with Gasteiger partial charge in [-0.05, 0) is 49.9 Å². The van der Waals surface area contributed by atoms with E-state index in [1.54, 1.807) is 0 Å². The predicted molar refractivity (Wildman–Crippen MR) is 78.1 cm³/mol. The highest BCUT2D eigenvalue weighted by molar-refractivity contribution is 5.68. The van der Waals surface area contributed by atoms with Crippen LogP contribution in [-0.2, 0) is 13.5 Å². The van der Waals surface area contributed by atoms with Crippen LogP contribution in [0.2, 0.25) is 0 Å². The largest absolute Gasteiger partial charge is 0.316 e. The summed E-state index contributed by atoms with van der Waals surface area (Å²) in [6, 6.07) is 8.57. The van der Waals surface area contributed by atoms with Crippen molar-refractivity contribution in [3.05, 3.63) is 41.7 Å². The summed E-state index contributed by atoms with van der Waals surface area (Å²) in [5.41, 5.74) is 5.30. The Morgan fingerprint density at radius 3 is 2.89 bits per heavy atom. The van der Waals surface area contributed by atoms with Crippen molar-refractivity contribution in [1.82, 2.24) is 15.1 Å². The van der Waals surface area contributed by atoms with Gasteiger partial charge in [-0.1, -0.05) is 24.3 Å². The number of hydrogen-bond donors (Lipinski definition) is 1. The first kappa shape index (κ1) is 12.4. The molecule has 1 aliphatic rings. The predicted octanol–water partition coefficient (Wildman–Crippen LogP) is 2.55. The van der Waals surface area contributed by atoms with Crippen molar-refractivity contribution >= 4 is 0 Å². The van der Waals surface area contributed by atoms with Gasteiger partial charge in [0.25, 0.3) is 0 Å². The maximum absolute atomic E-state index is 4.47. The molecule has 0 bridgehead atoms. The van der Waals surface area contributed by atoms with E-state index >= 15 is 0 Å². The van der Waals surface area contributed by atoms with Gasteiger partial charge in [0.2, 0.25) is 0 Å². The Kier molecular flexibility index (Phi) is 3.38. The zero-order valence-electron chi connectivity index (χ0n) is 11.7. The van der Waals surface area contributed by atoms with Crippen LogP contribution >= 0.6 is 0 Å². The third-order valence-corrected chi connectivity index (χ3v) is 4.14. The molecular weight excluding hydrogens is 234 g/mol. The van der Waals surface area contributed by atoms with Gasteiger partial charge >= 0.3 is 0 Å². The highest BCUT2D eigenvalue weighted by Crippen LogP contribution is 2.28. The summed E-state index contributed by atoms with van der Waals surface area (Å²) in [7, 11) is 2.06. The Labute approximate surface area is 114 Å². The molecule has 2 heterocycles. The fourth-order valence-electron chi connectivity index (χ4n) is 2.97. The van der Waals surface area contributed by atoms with Gasteiger partial charge < -0.3 is 5.32 Å². The molecular formula is C16H21N3. The number of benzene rings is 1. The lowest BCUT2D eigenvalue weighted by Crippen LogP contribution is -2.13. The van der Waals surface area contributed by atoms with E-state index in [0.29, 0.717) is 0 Å². The Morgan fingerprint density at radius 1 is 1.32 bits per heavy atom. The number of aromatic nitrogens is 2. The van der Waals surface area contributed by atoms with Crippen LogP contribution in [0.4, 0.5) is 0 Å². The number of nitrogens with one attached hydrogen (secondary N) is 1. The molecule has 1 N–H and O–H groups in total. The first-order chi connectivity index (χ1) is 9.25. The van der Waals surface area contributed by atoms with Crippen LogP contribution in [0.5, 0.6) is 0 Å². The molecule has 100 valence electrons. The SMILES string of the molecule is Cc1ccccc1-c1cnn(C)c1CC1CCNC1. The number of aryl methyl sites for hydroxylation is 2. The van der Waals surface area contributed by atoms with Gasteiger partial charge in [-0.15, -0.1) is 0 Å². The third-order valence-electron chi connectivity index (χ3n) is 4.14. The molecule has 3 heteroatoms. The van der Waals surface area contributed by atoms with Gasteiger partial charge in [0.15, 0.2) is 0 Å². The third kappa shape index (κ3) is 2.43. The summed E-state index contributed by atoms with van der Waals surface area (Å²) in [6.45, 7) is 4.46. The summed E-state index contributed by atoms with van der Waals surface area (Å²) < 4.78 is 2.04. The van der Waals surface area contributed by atoms with Crippen molar-refractivity contribution in [3.8, 4) is 11.1 Å². The summed E-state index contributed by atoms with van der Waals surface area (Å²) in [5.74, 6) is 0.748. The highest BCUT2D eigenvalue weighted by Gasteiger charge is 2.20. The minimum Gasteiger partial charge on any atom is -0.316 e. The second-order valence-electron chi connectivity index (χ2n) is 5.51. The lowest BCUT2D eigenvalue weighted by Gasteiger charge is -2.12. The molecule has 0 saturated carbocycles. The maximum Gasteiger partial charge on any atom is 0.0571 e. The highest BCUT2D eigenvalue weighted by atomic mass is 15.3. The molecule has 0 amide bonds. The van der Waals surface area contributed by atoms with Gasteiger partial charge in [-0.3, -0.25) is 4.68 Å². The lowest BCUT2D eigenvalue weighted by molar-refractivity contribution is 0.549. The monoisotopic (exact) mass is 255 g/mol. The molecule has 0 radical (unpaired) electrons. The molecule has 1 saturated heterocycles. The van der Waals surface area contributed by atoms with E-state index in [-0.39, 0.29) is 0 Å². The maximum atomic E-state index is 4.47. The second-order valence-corrected chi connectivity index (χ2v) is 5.51. The van der Waals surface area contributed by atoms with Crippen LogP contribution in [0, 0.1) is 12.8 Å². The van der Waals surface area contributed by atoms with Crippen molar-refractivity contribution in [2.75, 3.05) is 13.1 Å². The minimum atomic E-state index is 0.748. The van der Waals surface area contributed by atoms with E-state index in [1.807, 2.05) is 10.9 Å². The van der Waals surface area contributed by atoms with E-state index < -0.39 is 0 Å². The summed E-state index contributed by atoms with van der Waals surface area (Å²) in [5, 5.41) is 7.92. The van der Waals surface area contributed by atoms with E-state index in [0.717, 1.165) is 25.4 Å². The zero-order valence-corrected chi connectivity index (χ0v) is 11.7. The Bertz CT molecular complexity index is 565. The molecule has 3 nitrogen and oxygen atoms in total. The lowest BCUT2D eigenvalue weighted by atomic mass is 9.95. The molecule has 1 aromatic carbocycles. The first-order valence-electron chi connectivity index (χ1n) is 7.03. The van der Waals surface area contributed by atoms with E-state index in [2.05, 4.69) is 48.7 Å². The van der Waals surface area contributed by atoms with Gasteiger partial charge in [-0.2, -0.15) is 5.10 Å². The molecule has 19 heavy (non-hydrogen) atoms. The van der Waals surface area contributed by atoms with Crippen molar-refractivity contribution in [1.29, 1.82) is 0 Å². The van der Waals surface area contributed by atoms with Crippen molar-refractivity contribution in [2.24, 2.45) is 13.0 Å². The first-order valence-corrected chi connectivity index (χ1v) is 7.03. The number of nitrogens with zero attached hydrogens (tertiary/aromatic N) is 2. The average Bonchev–Trinajstić information content (AvgIpc) is 3.03. The standard InChI is InChI=1S/C16H21N3/c1-12-5-3-4-6-14(12)15-11-18-19(2)16(15)9-13-7-8-17-10-13/h3-6,11,13,17H,7-10H2,1-2H3. The molecule has 1 atom stereocenters.